The molecule has 1 unspecified atom stereocenters. The van der Waals surface area contributed by atoms with E-state index in [4.69, 9.17) is 0 Å². The predicted molar refractivity (Wildman–Crippen MR) is 77.2 cm³/mol. The molecule has 1 aromatic rings. The molecule has 1 aliphatic rings. The first-order chi connectivity index (χ1) is 8.54. The molecule has 108 valence electrons. The lowest BCUT2D eigenvalue weighted by Crippen LogP contribution is -2.43. The Balaban J connectivity index is 0.00000180. The normalized spacial score (nSPS) is 18.1. The molecular formula is C13H23ClN4O. The van der Waals surface area contributed by atoms with Crippen LogP contribution in [0.2, 0.25) is 0 Å². The van der Waals surface area contributed by atoms with Gasteiger partial charge in [0.15, 0.2) is 0 Å². The lowest BCUT2D eigenvalue weighted by atomic mass is 9.70. The smallest absolute Gasteiger partial charge is 0.241 e. The quantitative estimate of drug-likeness (QED) is 0.860. The summed E-state index contributed by atoms with van der Waals surface area (Å²) in [5.74, 6) is 0.0265. The first-order valence-corrected chi connectivity index (χ1v) is 6.48. The lowest BCUT2D eigenvalue weighted by molar-refractivity contribution is -0.124. The molecule has 0 aliphatic heterocycles. The summed E-state index contributed by atoms with van der Waals surface area (Å²) in [6.07, 6.45) is 7.30. The minimum atomic E-state index is -0.317. The third kappa shape index (κ3) is 3.70. The van der Waals surface area contributed by atoms with Gasteiger partial charge in [-0.1, -0.05) is 13.3 Å². The van der Waals surface area contributed by atoms with E-state index in [1.54, 1.807) is 17.9 Å². The number of rotatable bonds is 5. The number of halogens is 1. The van der Waals surface area contributed by atoms with E-state index >= 15 is 0 Å². The van der Waals surface area contributed by atoms with Gasteiger partial charge in [0.2, 0.25) is 5.91 Å². The highest BCUT2D eigenvalue weighted by atomic mass is 35.5. The Bertz CT molecular complexity index is 428. The highest BCUT2D eigenvalue weighted by Crippen LogP contribution is 2.39. The van der Waals surface area contributed by atoms with Crippen molar-refractivity contribution in [3.63, 3.8) is 0 Å². The molecular weight excluding hydrogens is 264 g/mol. The van der Waals surface area contributed by atoms with Crippen molar-refractivity contribution in [2.75, 3.05) is 13.6 Å². The minimum Gasteiger partial charge on any atom is -0.354 e. The topological polar surface area (TPSA) is 59.0 Å². The van der Waals surface area contributed by atoms with Crippen LogP contribution >= 0.6 is 12.4 Å². The molecule has 1 atom stereocenters. The maximum absolute atomic E-state index is 12.2. The van der Waals surface area contributed by atoms with Gasteiger partial charge >= 0.3 is 0 Å². The Kier molecular flexibility index (Phi) is 5.38. The molecule has 0 bridgehead atoms. The van der Waals surface area contributed by atoms with E-state index in [0.717, 1.165) is 12.1 Å². The monoisotopic (exact) mass is 286 g/mol. The Morgan fingerprint density at radius 2 is 2.26 bits per heavy atom. The molecule has 5 nitrogen and oxygen atoms in total. The summed E-state index contributed by atoms with van der Waals surface area (Å²) in [5, 5.41) is 10.2. The minimum absolute atomic E-state index is 0. The van der Waals surface area contributed by atoms with Gasteiger partial charge in [0, 0.05) is 25.4 Å². The third-order valence-electron chi connectivity index (χ3n) is 3.86. The van der Waals surface area contributed by atoms with Crippen LogP contribution in [0.15, 0.2) is 12.4 Å². The summed E-state index contributed by atoms with van der Waals surface area (Å²) in [5.41, 5.74) is 1.21. The summed E-state index contributed by atoms with van der Waals surface area (Å²) in [6, 6.07) is -0.317. The van der Waals surface area contributed by atoms with Gasteiger partial charge in [-0.15, -0.1) is 12.4 Å². The number of carbonyl (C=O) groups is 1. The molecule has 1 aliphatic carbocycles. The number of likely N-dealkylation sites (N-methyl/N-ethyl adjacent to an activating group) is 1. The van der Waals surface area contributed by atoms with E-state index < -0.39 is 0 Å². The predicted octanol–water partition coefficient (Wildman–Crippen LogP) is 1.41. The zero-order valence-corrected chi connectivity index (χ0v) is 12.6. The SMILES string of the molecule is CNC(C(=O)NCC1(C)CCC1)c1cnn(C)c1.Cl. The molecule has 1 heterocycles. The van der Waals surface area contributed by atoms with Crippen LogP contribution in [0.25, 0.3) is 0 Å². The second kappa shape index (κ2) is 6.39. The second-order valence-electron chi connectivity index (χ2n) is 5.55. The van der Waals surface area contributed by atoms with Crippen LogP contribution in [-0.4, -0.2) is 29.3 Å². The van der Waals surface area contributed by atoms with Crippen molar-refractivity contribution in [3.05, 3.63) is 18.0 Å². The van der Waals surface area contributed by atoms with Crippen LogP contribution in [0, 0.1) is 5.41 Å². The van der Waals surface area contributed by atoms with Crippen molar-refractivity contribution in [2.45, 2.75) is 32.2 Å². The van der Waals surface area contributed by atoms with Crippen LogP contribution in [0.4, 0.5) is 0 Å². The Labute approximate surface area is 120 Å². The molecule has 0 spiro atoms. The molecule has 0 aromatic carbocycles. The van der Waals surface area contributed by atoms with Crippen molar-refractivity contribution >= 4 is 18.3 Å². The van der Waals surface area contributed by atoms with Gasteiger partial charge in [-0.2, -0.15) is 5.10 Å². The zero-order valence-electron chi connectivity index (χ0n) is 11.8. The van der Waals surface area contributed by atoms with Crippen LogP contribution in [0.3, 0.4) is 0 Å². The molecule has 1 fully saturated rings. The Morgan fingerprint density at radius 3 is 2.68 bits per heavy atom. The Morgan fingerprint density at radius 1 is 1.58 bits per heavy atom. The summed E-state index contributed by atoms with van der Waals surface area (Å²) in [6.45, 7) is 3.00. The van der Waals surface area contributed by atoms with E-state index in [2.05, 4.69) is 22.7 Å². The molecule has 1 aromatic heterocycles. The average Bonchev–Trinajstić information content (AvgIpc) is 2.71. The lowest BCUT2D eigenvalue weighted by Gasteiger charge is -2.38. The average molecular weight is 287 g/mol. The number of nitrogens with zero attached hydrogens (tertiary/aromatic N) is 2. The van der Waals surface area contributed by atoms with Crippen molar-refractivity contribution in [1.82, 2.24) is 20.4 Å². The molecule has 1 amide bonds. The van der Waals surface area contributed by atoms with Crippen LogP contribution < -0.4 is 10.6 Å². The van der Waals surface area contributed by atoms with Crippen LogP contribution in [0.1, 0.15) is 37.8 Å². The maximum atomic E-state index is 12.2. The number of aromatic nitrogens is 2. The van der Waals surface area contributed by atoms with Gasteiger partial charge in [-0.3, -0.25) is 9.48 Å². The fourth-order valence-electron chi connectivity index (χ4n) is 2.40. The van der Waals surface area contributed by atoms with Crippen molar-refractivity contribution in [3.8, 4) is 0 Å². The molecule has 6 heteroatoms. The standard InChI is InChI=1S/C13H22N4O.ClH/c1-13(5-4-6-13)9-15-12(18)11(14-2)10-7-16-17(3)8-10;/h7-8,11,14H,4-6,9H2,1-3H3,(H,15,18);1H. The molecule has 2 N–H and O–H groups in total. The highest BCUT2D eigenvalue weighted by Gasteiger charge is 2.32. The molecule has 2 rings (SSSR count). The summed E-state index contributed by atoms with van der Waals surface area (Å²) in [7, 11) is 3.64. The number of amides is 1. The number of hydrogen-bond acceptors (Lipinski definition) is 3. The third-order valence-corrected chi connectivity index (χ3v) is 3.86. The molecule has 0 saturated heterocycles. The van der Waals surface area contributed by atoms with E-state index in [-0.39, 0.29) is 24.4 Å². The zero-order chi connectivity index (χ0) is 13.2. The molecule has 0 radical (unpaired) electrons. The number of nitrogens with one attached hydrogen (secondary N) is 2. The van der Waals surface area contributed by atoms with E-state index in [9.17, 15) is 4.79 Å². The fraction of sp³-hybridized carbons (Fsp3) is 0.692. The maximum Gasteiger partial charge on any atom is 0.241 e. The Hall–Kier alpha value is -1.07. The van der Waals surface area contributed by atoms with Crippen molar-refractivity contribution in [1.29, 1.82) is 0 Å². The van der Waals surface area contributed by atoms with Gasteiger partial charge in [0.25, 0.3) is 0 Å². The van der Waals surface area contributed by atoms with E-state index in [1.165, 1.54) is 19.3 Å². The fourth-order valence-corrected chi connectivity index (χ4v) is 2.40. The second-order valence-corrected chi connectivity index (χ2v) is 5.55. The van der Waals surface area contributed by atoms with Gasteiger partial charge < -0.3 is 10.6 Å². The summed E-state index contributed by atoms with van der Waals surface area (Å²) in [4.78, 5) is 12.2. The molecule has 1 saturated carbocycles. The van der Waals surface area contributed by atoms with Crippen molar-refractivity contribution in [2.24, 2.45) is 12.5 Å². The van der Waals surface area contributed by atoms with Crippen molar-refractivity contribution < 1.29 is 4.79 Å². The number of hydrogen-bond donors (Lipinski definition) is 2. The largest absolute Gasteiger partial charge is 0.354 e. The molecule has 19 heavy (non-hydrogen) atoms. The first kappa shape index (κ1) is 16.0. The highest BCUT2D eigenvalue weighted by molar-refractivity contribution is 5.85. The van der Waals surface area contributed by atoms with E-state index in [1.807, 2.05) is 13.2 Å². The number of carbonyl (C=O) groups excluding carboxylic acids is 1. The summed E-state index contributed by atoms with van der Waals surface area (Å²) >= 11 is 0. The van der Waals surface area contributed by atoms with Gasteiger partial charge in [-0.05, 0) is 25.3 Å². The number of aryl methyl sites for hydroxylation is 1. The van der Waals surface area contributed by atoms with Gasteiger partial charge in [0.05, 0.1) is 6.20 Å². The first-order valence-electron chi connectivity index (χ1n) is 6.48. The summed E-state index contributed by atoms with van der Waals surface area (Å²) < 4.78 is 1.71. The van der Waals surface area contributed by atoms with E-state index in [0.29, 0.717) is 5.41 Å². The van der Waals surface area contributed by atoms with Gasteiger partial charge in [0.1, 0.15) is 6.04 Å². The van der Waals surface area contributed by atoms with Crippen LogP contribution in [0.5, 0.6) is 0 Å². The van der Waals surface area contributed by atoms with Gasteiger partial charge in [-0.25, -0.2) is 0 Å². The van der Waals surface area contributed by atoms with Crippen LogP contribution in [-0.2, 0) is 11.8 Å².